The van der Waals surface area contributed by atoms with E-state index < -0.39 is 11.8 Å². The van der Waals surface area contributed by atoms with Crippen LogP contribution in [-0.2, 0) is 4.79 Å². The summed E-state index contributed by atoms with van der Waals surface area (Å²) in [4.78, 5) is 23.6. The summed E-state index contributed by atoms with van der Waals surface area (Å²) < 4.78 is 10.7. The topological polar surface area (TPSA) is 80.6 Å². The van der Waals surface area contributed by atoms with Gasteiger partial charge in [-0.25, -0.2) is 0 Å². The van der Waals surface area contributed by atoms with Gasteiger partial charge in [-0.1, -0.05) is 13.8 Å². The second-order valence-corrected chi connectivity index (χ2v) is 5.85. The van der Waals surface area contributed by atoms with E-state index >= 15 is 0 Å². The molecule has 0 atom stereocenters. The predicted molar refractivity (Wildman–Crippen MR) is 94.7 cm³/mol. The van der Waals surface area contributed by atoms with Crippen molar-refractivity contribution in [2.45, 2.75) is 20.3 Å². The van der Waals surface area contributed by atoms with Gasteiger partial charge in [0.1, 0.15) is 11.5 Å². The SMILES string of the molecule is CC(C)CCOc1ccc(C(=O)NNC(=O)/C=C/c2ccco2)cc1. The number of carbonyl (C=O) groups is 2. The first kappa shape index (κ1) is 18.3. The number of furan rings is 1. The van der Waals surface area contributed by atoms with Crippen LogP contribution in [0.2, 0.25) is 0 Å². The Balaban J connectivity index is 1.77. The molecule has 0 radical (unpaired) electrons. The van der Waals surface area contributed by atoms with Crippen LogP contribution in [0.1, 0.15) is 36.4 Å². The van der Waals surface area contributed by atoms with Crippen molar-refractivity contribution >= 4 is 17.9 Å². The fourth-order valence-electron chi connectivity index (χ4n) is 1.89. The number of ether oxygens (including phenoxy) is 1. The molecule has 6 nitrogen and oxygen atoms in total. The van der Waals surface area contributed by atoms with Crippen LogP contribution in [0.4, 0.5) is 0 Å². The third-order valence-corrected chi connectivity index (χ3v) is 3.32. The van der Waals surface area contributed by atoms with Gasteiger partial charge in [-0.2, -0.15) is 0 Å². The normalized spacial score (nSPS) is 10.8. The minimum absolute atomic E-state index is 0.409. The molecule has 1 aromatic carbocycles. The van der Waals surface area contributed by atoms with Crippen molar-refractivity contribution in [2.24, 2.45) is 5.92 Å². The lowest BCUT2D eigenvalue weighted by Gasteiger charge is -2.09. The average Bonchev–Trinajstić information content (AvgIpc) is 3.11. The van der Waals surface area contributed by atoms with Crippen molar-refractivity contribution < 1.29 is 18.7 Å². The molecule has 2 N–H and O–H groups in total. The van der Waals surface area contributed by atoms with Gasteiger partial charge in [0.2, 0.25) is 0 Å². The van der Waals surface area contributed by atoms with E-state index in [1.54, 1.807) is 36.4 Å². The van der Waals surface area contributed by atoms with Crippen LogP contribution in [0.15, 0.2) is 53.2 Å². The Bertz CT molecular complexity index is 704. The van der Waals surface area contributed by atoms with Crippen molar-refractivity contribution in [3.05, 3.63) is 60.1 Å². The summed E-state index contributed by atoms with van der Waals surface area (Å²) in [7, 11) is 0. The molecule has 6 heteroatoms. The highest BCUT2D eigenvalue weighted by Gasteiger charge is 2.06. The predicted octanol–water partition coefficient (Wildman–Crippen LogP) is 3.18. The summed E-state index contributed by atoms with van der Waals surface area (Å²) in [6.07, 6.45) is 5.25. The average molecular weight is 342 g/mol. The Hall–Kier alpha value is -3.02. The number of hydrogen-bond donors (Lipinski definition) is 2. The number of hydrazine groups is 1. The van der Waals surface area contributed by atoms with Crippen molar-refractivity contribution in [1.82, 2.24) is 10.9 Å². The highest BCUT2D eigenvalue weighted by atomic mass is 16.5. The Kier molecular flexibility index (Phi) is 6.83. The summed E-state index contributed by atoms with van der Waals surface area (Å²) in [5, 5.41) is 0. The first-order chi connectivity index (χ1) is 12.0. The van der Waals surface area contributed by atoms with E-state index in [0.29, 0.717) is 29.6 Å². The van der Waals surface area contributed by atoms with Crippen LogP contribution in [0, 0.1) is 5.92 Å². The second kappa shape index (κ2) is 9.32. The van der Waals surface area contributed by atoms with Crippen molar-refractivity contribution in [2.75, 3.05) is 6.61 Å². The van der Waals surface area contributed by atoms with Crippen molar-refractivity contribution in [3.8, 4) is 5.75 Å². The van der Waals surface area contributed by atoms with Crippen molar-refractivity contribution in [3.63, 3.8) is 0 Å². The van der Waals surface area contributed by atoms with Gasteiger partial charge in [0.05, 0.1) is 12.9 Å². The fraction of sp³-hybridized carbons (Fsp3) is 0.263. The molecule has 0 aliphatic heterocycles. The Morgan fingerprint density at radius 3 is 2.56 bits per heavy atom. The van der Waals surface area contributed by atoms with Crippen LogP contribution in [-0.4, -0.2) is 18.4 Å². The summed E-state index contributed by atoms with van der Waals surface area (Å²) in [5.41, 5.74) is 5.07. The van der Waals surface area contributed by atoms with Crippen LogP contribution in [0.3, 0.4) is 0 Å². The number of amides is 2. The van der Waals surface area contributed by atoms with Crippen molar-refractivity contribution in [1.29, 1.82) is 0 Å². The smallest absolute Gasteiger partial charge is 0.269 e. The minimum atomic E-state index is -0.460. The molecule has 0 spiro atoms. The summed E-state index contributed by atoms with van der Waals surface area (Å²) in [6.45, 7) is 4.91. The number of nitrogens with one attached hydrogen (secondary N) is 2. The van der Waals surface area contributed by atoms with E-state index in [1.165, 1.54) is 18.4 Å². The zero-order valence-corrected chi connectivity index (χ0v) is 14.3. The van der Waals surface area contributed by atoms with Gasteiger partial charge in [0.15, 0.2) is 0 Å². The molecule has 1 aromatic heterocycles. The van der Waals surface area contributed by atoms with Crippen LogP contribution < -0.4 is 15.6 Å². The van der Waals surface area contributed by atoms with Gasteiger partial charge in [-0.15, -0.1) is 0 Å². The number of benzene rings is 1. The molecule has 2 rings (SSSR count). The molecule has 2 amide bonds. The van der Waals surface area contributed by atoms with Gasteiger partial charge in [0.25, 0.3) is 11.8 Å². The zero-order valence-electron chi connectivity index (χ0n) is 14.3. The summed E-state index contributed by atoms with van der Waals surface area (Å²) in [6, 6.07) is 10.2. The van der Waals surface area contributed by atoms with E-state index in [0.717, 1.165) is 6.42 Å². The lowest BCUT2D eigenvalue weighted by atomic mass is 10.1. The Labute approximate surface area is 146 Å². The molecular weight excluding hydrogens is 320 g/mol. The lowest BCUT2D eigenvalue weighted by molar-refractivity contribution is -0.117. The summed E-state index contributed by atoms with van der Waals surface area (Å²) >= 11 is 0. The molecule has 0 aliphatic rings. The molecule has 25 heavy (non-hydrogen) atoms. The highest BCUT2D eigenvalue weighted by Crippen LogP contribution is 2.13. The maximum Gasteiger partial charge on any atom is 0.269 e. The van der Waals surface area contributed by atoms with Gasteiger partial charge in [-0.3, -0.25) is 20.4 Å². The van der Waals surface area contributed by atoms with Crippen LogP contribution in [0.5, 0.6) is 5.75 Å². The van der Waals surface area contributed by atoms with E-state index in [2.05, 4.69) is 24.7 Å². The third kappa shape index (κ3) is 6.55. The molecule has 0 bridgehead atoms. The monoisotopic (exact) mass is 342 g/mol. The van der Waals surface area contributed by atoms with E-state index in [-0.39, 0.29) is 0 Å². The Morgan fingerprint density at radius 2 is 1.92 bits per heavy atom. The lowest BCUT2D eigenvalue weighted by Crippen LogP contribution is -2.40. The number of carbonyl (C=O) groups excluding carboxylic acids is 2. The maximum atomic E-state index is 12.0. The van der Waals surface area contributed by atoms with Gasteiger partial charge >= 0.3 is 0 Å². The molecule has 1 heterocycles. The highest BCUT2D eigenvalue weighted by molar-refractivity contribution is 5.97. The minimum Gasteiger partial charge on any atom is -0.494 e. The summed E-state index contributed by atoms with van der Waals surface area (Å²) in [5.74, 6) is 0.972. The molecule has 0 saturated carbocycles. The van der Waals surface area contributed by atoms with Crippen LogP contribution >= 0.6 is 0 Å². The molecule has 0 saturated heterocycles. The molecular formula is C19H22N2O4. The standard InChI is InChI=1S/C19H22N2O4/c1-14(2)11-13-25-17-7-5-15(6-8-17)19(23)21-20-18(22)10-9-16-4-3-12-24-16/h3-10,12,14H,11,13H2,1-2H3,(H,20,22)(H,21,23)/b10-9+. The maximum absolute atomic E-state index is 12.0. The van der Waals surface area contributed by atoms with E-state index in [4.69, 9.17) is 9.15 Å². The zero-order chi connectivity index (χ0) is 18.1. The van der Waals surface area contributed by atoms with Gasteiger partial charge in [-0.05, 0) is 54.8 Å². The molecule has 0 fully saturated rings. The molecule has 132 valence electrons. The first-order valence-corrected chi connectivity index (χ1v) is 8.09. The fourth-order valence-corrected chi connectivity index (χ4v) is 1.89. The second-order valence-electron chi connectivity index (χ2n) is 5.85. The van der Waals surface area contributed by atoms with E-state index in [1.807, 2.05) is 0 Å². The van der Waals surface area contributed by atoms with E-state index in [9.17, 15) is 9.59 Å². The Morgan fingerprint density at radius 1 is 1.16 bits per heavy atom. The molecule has 0 unspecified atom stereocenters. The molecule has 2 aromatic rings. The number of hydrogen-bond acceptors (Lipinski definition) is 4. The number of rotatable bonds is 7. The van der Waals surface area contributed by atoms with Crippen LogP contribution in [0.25, 0.3) is 6.08 Å². The largest absolute Gasteiger partial charge is 0.494 e. The quantitative estimate of drug-likeness (QED) is 0.598. The van der Waals surface area contributed by atoms with Gasteiger partial charge in [0, 0.05) is 11.6 Å². The first-order valence-electron chi connectivity index (χ1n) is 8.09. The third-order valence-electron chi connectivity index (χ3n) is 3.32. The molecule has 0 aliphatic carbocycles. The van der Waals surface area contributed by atoms with Gasteiger partial charge < -0.3 is 9.15 Å².